The highest BCUT2D eigenvalue weighted by molar-refractivity contribution is 5.76. The largest absolute Gasteiger partial charge is 0.353 e. The van der Waals surface area contributed by atoms with Crippen molar-refractivity contribution in [2.24, 2.45) is 0 Å². The molecule has 1 heterocycles. The lowest BCUT2D eigenvalue weighted by Crippen LogP contribution is -2.34. The number of amides is 1. The Kier molecular flexibility index (Phi) is 5.39. The maximum atomic E-state index is 11.7. The van der Waals surface area contributed by atoms with Gasteiger partial charge in [-0.3, -0.25) is 9.48 Å². The molecule has 1 aromatic rings. The monoisotopic (exact) mass is 264 g/mol. The molecular formula is C14H24N4O. The first-order chi connectivity index (χ1) is 9.24. The minimum absolute atomic E-state index is 0.175. The number of hydrogen-bond acceptors (Lipinski definition) is 3. The summed E-state index contributed by atoms with van der Waals surface area (Å²) in [6.07, 6.45) is 9.26. The van der Waals surface area contributed by atoms with Crippen LogP contribution in [0.2, 0.25) is 0 Å². The lowest BCUT2D eigenvalue weighted by molar-refractivity contribution is -0.121. The van der Waals surface area contributed by atoms with Gasteiger partial charge in [0.15, 0.2) is 0 Å². The van der Waals surface area contributed by atoms with Gasteiger partial charge in [-0.1, -0.05) is 12.8 Å². The van der Waals surface area contributed by atoms with Gasteiger partial charge in [-0.2, -0.15) is 5.10 Å². The van der Waals surface area contributed by atoms with Crippen molar-refractivity contribution < 1.29 is 4.79 Å². The second kappa shape index (κ2) is 7.28. The zero-order chi connectivity index (χ0) is 13.5. The average molecular weight is 264 g/mol. The summed E-state index contributed by atoms with van der Waals surface area (Å²) in [5, 5.41) is 10.6. The third kappa shape index (κ3) is 5.03. The minimum Gasteiger partial charge on any atom is -0.353 e. The molecule has 1 aromatic heterocycles. The number of nitrogens with zero attached hydrogens (tertiary/aromatic N) is 2. The molecular weight excluding hydrogens is 240 g/mol. The van der Waals surface area contributed by atoms with Crippen LogP contribution < -0.4 is 10.6 Å². The molecule has 0 atom stereocenters. The predicted octanol–water partition coefficient (Wildman–Crippen LogP) is 1.23. The fourth-order valence-electron chi connectivity index (χ4n) is 2.48. The zero-order valence-electron chi connectivity index (χ0n) is 11.7. The number of carbonyl (C=O) groups excluding carboxylic acids is 1. The maximum Gasteiger partial charge on any atom is 0.221 e. The van der Waals surface area contributed by atoms with Crippen molar-refractivity contribution in [2.45, 2.75) is 51.6 Å². The molecule has 5 heteroatoms. The molecule has 1 aliphatic carbocycles. The molecule has 0 saturated heterocycles. The van der Waals surface area contributed by atoms with Crippen LogP contribution in [-0.2, 0) is 11.3 Å². The molecule has 2 rings (SSSR count). The Balaban J connectivity index is 1.50. The van der Waals surface area contributed by atoms with E-state index in [1.165, 1.54) is 18.4 Å². The summed E-state index contributed by atoms with van der Waals surface area (Å²) in [6, 6.07) is 0.430. The van der Waals surface area contributed by atoms with Crippen LogP contribution in [0.1, 0.15) is 37.7 Å². The Morgan fingerprint density at radius 1 is 1.42 bits per heavy atom. The molecule has 0 aromatic carbocycles. The second-order valence-corrected chi connectivity index (χ2v) is 5.33. The number of nitrogens with one attached hydrogen (secondary N) is 2. The van der Waals surface area contributed by atoms with Gasteiger partial charge in [0.25, 0.3) is 0 Å². The number of rotatable bonds is 7. The van der Waals surface area contributed by atoms with Crippen LogP contribution in [0.4, 0.5) is 0 Å². The smallest absolute Gasteiger partial charge is 0.221 e. The second-order valence-electron chi connectivity index (χ2n) is 5.33. The molecule has 0 spiro atoms. The Morgan fingerprint density at radius 2 is 2.21 bits per heavy atom. The molecule has 0 unspecified atom stereocenters. The van der Waals surface area contributed by atoms with E-state index in [1.54, 1.807) is 0 Å². The molecule has 0 radical (unpaired) electrons. The third-order valence-corrected chi connectivity index (χ3v) is 3.53. The Bertz CT molecular complexity index is 396. The topological polar surface area (TPSA) is 59.0 Å². The molecule has 1 amide bonds. The van der Waals surface area contributed by atoms with E-state index in [0.29, 0.717) is 12.5 Å². The summed E-state index contributed by atoms with van der Waals surface area (Å²) in [6.45, 7) is 4.46. The van der Waals surface area contributed by atoms with E-state index in [0.717, 1.165) is 32.5 Å². The summed E-state index contributed by atoms with van der Waals surface area (Å²) >= 11 is 0. The van der Waals surface area contributed by atoms with Crippen molar-refractivity contribution in [1.82, 2.24) is 20.4 Å². The summed E-state index contributed by atoms with van der Waals surface area (Å²) in [5.41, 5.74) is 1.18. The molecule has 0 bridgehead atoms. The van der Waals surface area contributed by atoms with E-state index in [2.05, 4.69) is 15.7 Å². The highest BCUT2D eigenvalue weighted by atomic mass is 16.1. The van der Waals surface area contributed by atoms with E-state index in [4.69, 9.17) is 0 Å². The van der Waals surface area contributed by atoms with Crippen LogP contribution in [0.15, 0.2) is 12.4 Å². The van der Waals surface area contributed by atoms with E-state index in [-0.39, 0.29) is 5.91 Å². The summed E-state index contributed by atoms with van der Waals surface area (Å²) in [7, 11) is 0. The highest BCUT2D eigenvalue weighted by Crippen LogP contribution is 2.17. The van der Waals surface area contributed by atoms with Gasteiger partial charge in [0.1, 0.15) is 0 Å². The molecule has 2 N–H and O–H groups in total. The van der Waals surface area contributed by atoms with Crippen molar-refractivity contribution in [2.75, 3.05) is 13.1 Å². The molecule has 1 aliphatic rings. The lowest BCUT2D eigenvalue weighted by atomic mass is 10.2. The van der Waals surface area contributed by atoms with Crippen molar-refractivity contribution in [1.29, 1.82) is 0 Å². The number of carbonyl (C=O) groups is 1. The fourth-order valence-corrected chi connectivity index (χ4v) is 2.48. The van der Waals surface area contributed by atoms with Crippen LogP contribution in [-0.4, -0.2) is 34.8 Å². The van der Waals surface area contributed by atoms with E-state index in [9.17, 15) is 4.79 Å². The Morgan fingerprint density at radius 3 is 2.89 bits per heavy atom. The van der Waals surface area contributed by atoms with Gasteiger partial charge in [-0.05, 0) is 25.3 Å². The summed E-state index contributed by atoms with van der Waals surface area (Å²) < 4.78 is 1.92. The van der Waals surface area contributed by atoms with Crippen molar-refractivity contribution in [3.05, 3.63) is 18.0 Å². The van der Waals surface area contributed by atoms with Gasteiger partial charge in [0.05, 0.1) is 12.7 Å². The summed E-state index contributed by atoms with van der Waals surface area (Å²) in [5.74, 6) is 0.175. The van der Waals surface area contributed by atoms with Crippen molar-refractivity contribution in [3.63, 3.8) is 0 Å². The zero-order valence-corrected chi connectivity index (χ0v) is 11.7. The van der Waals surface area contributed by atoms with Gasteiger partial charge >= 0.3 is 0 Å². The van der Waals surface area contributed by atoms with Crippen LogP contribution in [0.25, 0.3) is 0 Å². The molecule has 19 heavy (non-hydrogen) atoms. The quantitative estimate of drug-likeness (QED) is 0.728. The molecule has 1 saturated carbocycles. The molecule has 106 valence electrons. The molecule has 1 fully saturated rings. The van der Waals surface area contributed by atoms with Gasteiger partial charge in [0, 0.05) is 31.7 Å². The van der Waals surface area contributed by atoms with Crippen LogP contribution in [0.5, 0.6) is 0 Å². The van der Waals surface area contributed by atoms with Crippen LogP contribution in [0, 0.1) is 6.92 Å². The standard InChI is InChI=1S/C14H24N4O/c1-12-10-16-18(11-12)9-8-15-7-6-14(19)17-13-4-2-3-5-13/h10-11,13,15H,2-9H2,1H3,(H,17,19). The van der Waals surface area contributed by atoms with Crippen LogP contribution >= 0.6 is 0 Å². The van der Waals surface area contributed by atoms with Gasteiger partial charge in [-0.25, -0.2) is 0 Å². The van der Waals surface area contributed by atoms with E-state index >= 15 is 0 Å². The Labute approximate surface area is 114 Å². The molecule has 0 aliphatic heterocycles. The van der Waals surface area contributed by atoms with E-state index in [1.807, 2.05) is 24.0 Å². The first-order valence-electron chi connectivity index (χ1n) is 7.23. The Hall–Kier alpha value is -1.36. The average Bonchev–Trinajstić information content (AvgIpc) is 3.01. The molecule has 5 nitrogen and oxygen atoms in total. The first-order valence-corrected chi connectivity index (χ1v) is 7.23. The normalized spacial score (nSPS) is 15.8. The third-order valence-electron chi connectivity index (χ3n) is 3.53. The fraction of sp³-hybridized carbons (Fsp3) is 0.714. The van der Waals surface area contributed by atoms with E-state index < -0.39 is 0 Å². The highest BCUT2D eigenvalue weighted by Gasteiger charge is 2.16. The lowest BCUT2D eigenvalue weighted by Gasteiger charge is -2.12. The number of aryl methyl sites for hydroxylation is 1. The van der Waals surface area contributed by atoms with Crippen molar-refractivity contribution in [3.8, 4) is 0 Å². The van der Waals surface area contributed by atoms with Gasteiger partial charge < -0.3 is 10.6 Å². The maximum absolute atomic E-state index is 11.7. The van der Waals surface area contributed by atoms with Crippen LogP contribution in [0.3, 0.4) is 0 Å². The predicted molar refractivity (Wildman–Crippen MR) is 74.8 cm³/mol. The number of hydrogen-bond donors (Lipinski definition) is 2. The van der Waals surface area contributed by atoms with Crippen molar-refractivity contribution >= 4 is 5.91 Å². The van der Waals surface area contributed by atoms with Gasteiger partial charge in [0.2, 0.25) is 5.91 Å². The first kappa shape index (κ1) is 14.1. The summed E-state index contributed by atoms with van der Waals surface area (Å²) in [4.78, 5) is 11.7. The minimum atomic E-state index is 0.175. The SMILES string of the molecule is Cc1cnn(CCNCCC(=O)NC2CCCC2)c1. The number of aromatic nitrogens is 2. The van der Waals surface area contributed by atoms with Gasteiger partial charge in [-0.15, -0.1) is 0 Å².